The van der Waals surface area contributed by atoms with E-state index >= 15 is 0 Å². The smallest absolute Gasteiger partial charge is 0.313 e. The average molecular weight is 499 g/mol. The summed E-state index contributed by atoms with van der Waals surface area (Å²) in [6, 6.07) is 16.7. The Labute approximate surface area is 222 Å². The number of aryl methyl sites for hydroxylation is 1. The lowest BCUT2D eigenvalue weighted by Crippen LogP contribution is -2.06. The summed E-state index contributed by atoms with van der Waals surface area (Å²) in [6.45, 7) is 4.47. The third-order valence-corrected chi connectivity index (χ3v) is 7.55. The van der Waals surface area contributed by atoms with Gasteiger partial charge in [0.05, 0.1) is 5.92 Å². The molecule has 0 amide bonds. The van der Waals surface area contributed by atoms with E-state index in [1.54, 1.807) is 0 Å². The predicted octanol–water partition coefficient (Wildman–Crippen LogP) is 8.69. The first-order valence-electron chi connectivity index (χ1n) is 14.4. The number of ether oxygens (including phenoxy) is 1. The molecule has 4 heteroatoms. The summed E-state index contributed by atoms with van der Waals surface area (Å²) in [5.74, 6) is 0.458. The molecule has 2 heterocycles. The van der Waals surface area contributed by atoms with E-state index in [0.29, 0.717) is 5.82 Å². The summed E-state index contributed by atoms with van der Waals surface area (Å²) in [6.07, 6.45) is 18.0. The lowest BCUT2D eigenvalue weighted by molar-refractivity contribution is -0.142. The molecule has 196 valence electrons. The lowest BCUT2D eigenvalue weighted by atomic mass is 9.93. The number of benzene rings is 2. The van der Waals surface area contributed by atoms with Crippen LogP contribution in [0.5, 0.6) is 0 Å². The summed E-state index contributed by atoms with van der Waals surface area (Å²) >= 11 is 0. The summed E-state index contributed by atoms with van der Waals surface area (Å²) in [7, 11) is 0. The number of carbonyl (C=O) groups excluding carboxylic acids is 1. The Kier molecular flexibility index (Phi) is 10.3. The number of rotatable bonds is 14. The maximum absolute atomic E-state index is 12.5. The summed E-state index contributed by atoms with van der Waals surface area (Å²) in [5.41, 5.74) is 5.63. The van der Waals surface area contributed by atoms with Crippen molar-refractivity contribution in [2.24, 2.45) is 0 Å². The fourth-order valence-corrected chi connectivity index (χ4v) is 5.32. The normalized spacial score (nSPS) is 17.2. The number of aromatic nitrogens is 2. The molecule has 1 fully saturated rings. The number of hydrogen-bond acceptors (Lipinski definition) is 4. The zero-order chi connectivity index (χ0) is 25.9. The van der Waals surface area contributed by atoms with Gasteiger partial charge in [0.15, 0.2) is 5.82 Å². The SMILES string of the molecule is CCCCCCCc1ccccc1-c1cnc(-c2ccc([C@H]3C[C@@H](CCCCCC)OC3=O)cc2)nc1. The van der Waals surface area contributed by atoms with Gasteiger partial charge in [0.25, 0.3) is 0 Å². The fourth-order valence-electron chi connectivity index (χ4n) is 5.32. The van der Waals surface area contributed by atoms with Crippen LogP contribution in [0.1, 0.15) is 102 Å². The molecular formula is C33H42N2O2. The highest BCUT2D eigenvalue weighted by atomic mass is 16.5. The molecule has 0 aliphatic carbocycles. The Morgan fingerprint density at radius 2 is 1.46 bits per heavy atom. The monoisotopic (exact) mass is 498 g/mol. The van der Waals surface area contributed by atoms with Crippen molar-refractivity contribution < 1.29 is 9.53 Å². The van der Waals surface area contributed by atoms with Crippen LogP contribution >= 0.6 is 0 Å². The van der Waals surface area contributed by atoms with Gasteiger partial charge >= 0.3 is 5.97 Å². The molecule has 0 spiro atoms. The number of hydrogen-bond donors (Lipinski definition) is 0. The minimum Gasteiger partial charge on any atom is -0.462 e. The van der Waals surface area contributed by atoms with Crippen LogP contribution in [0.3, 0.4) is 0 Å². The van der Waals surface area contributed by atoms with Gasteiger partial charge in [-0.15, -0.1) is 0 Å². The summed E-state index contributed by atoms with van der Waals surface area (Å²) in [5, 5.41) is 0. The molecular weight excluding hydrogens is 456 g/mol. The minimum absolute atomic E-state index is 0.0594. The van der Waals surface area contributed by atoms with Crippen molar-refractivity contribution in [3.8, 4) is 22.5 Å². The molecule has 0 saturated carbocycles. The van der Waals surface area contributed by atoms with Gasteiger partial charge in [-0.1, -0.05) is 107 Å². The molecule has 4 rings (SSSR count). The van der Waals surface area contributed by atoms with Crippen molar-refractivity contribution in [2.45, 2.75) is 103 Å². The standard InChI is InChI=1S/C33H42N2O2/c1-3-5-7-9-10-14-25-15-12-13-17-30(25)28-23-34-32(35-24-28)27-20-18-26(19-21-27)31-22-29(37-33(31)36)16-11-8-6-4-2/h12-13,15,17-21,23-24,29,31H,3-11,14,16,22H2,1-2H3/t29-,31-/m1/s1. The highest BCUT2D eigenvalue weighted by Gasteiger charge is 2.35. The van der Waals surface area contributed by atoms with E-state index in [2.05, 4.69) is 48.1 Å². The Hall–Kier alpha value is -3.01. The average Bonchev–Trinajstić information content (AvgIpc) is 3.31. The molecule has 1 aliphatic rings. The number of carbonyl (C=O) groups is 1. The Morgan fingerprint density at radius 1 is 0.784 bits per heavy atom. The van der Waals surface area contributed by atoms with E-state index in [4.69, 9.17) is 4.74 Å². The van der Waals surface area contributed by atoms with Gasteiger partial charge in [-0.3, -0.25) is 4.79 Å². The van der Waals surface area contributed by atoms with Gasteiger partial charge in [-0.2, -0.15) is 0 Å². The van der Waals surface area contributed by atoms with Gasteiger partial charge in [0.1, 0.15) is 6.10 Å². The molecule has 0 bridgehead atoms. The van der Waals surface area contributed by atoms with Crippen LogP contribution in [0.4, 0.5) is 0 Å². The van der Waals surface area contributed by atoms with Gasteiger partial charge in [-0.05, 0) is 42.4 Å². The van der Waals surface area contributed by atoms with E-state index in [1.807, 2.05) is 36.7 Å². The zero-order valence-electron chi connectivity index (χ0n) is 22.6. The van der Waals surface area contributed by atoms with Gasteiger partial charge < -0.3 is 4.74 Å². The number of unbranched alkanes of at least 4 members (excludes halogenated alkanes) is 7. The highest BCUT2D eigenvalue weighted by molar-refractivity contribution is 5.80. The van der Waals surface area contributed by atoms with E-state index < -0.39 is 0 Å². The van der Waals surface area contributed by atoms with Crippen molar-refractivity contribution in [1.82, 2.24) is 9.97 Å². The molecule has 0 radical (unpaired) electrons. The molecule has 1 aliphatic heterocycles. The van der Waals surface area contributed by atoms with Crippen molar-refractivity contribution in [3.05, 3.63) is 72.1 Å². The molecule has 1 saturated heterocycles. The van der Waals surface area contributed by atoms with E-state index in [0.717, 1.165) is 42.4 Å². The lowest BCUT2D eigenvalue weighted by Gasteiger charge is -2.10. The number of cyclic esters (lactones) is 1. The van der Waals surface area contributed by atoms with Crippen LogP contribution in [0.15, 0.2) is 60.9 Å². The fraction of sp³-hybridized carbons (Fsp3) is 0.485. The maximum atomic E-state index is 12.5. The summed E-state index contributed by atoms with van der Waals surface area (Å²) < 4.78 is 5.67. The molecule has 2 aromatic carbocycles. The van der Waals surface area contributed by atoms with Gasteiger partial charge in [0.2, 0.25) is 0 Å². The van der Waals surface area contributed by atoms with Crippen molar-refractivity contribution in [2.75, 3.05) is 0 Å². The van der Waals surface area contributed by atoms with Gasteiger partial charge in [-0.25, -0.2) is 9.97 Å². The van der Waals surface area contributed by atoms with Crippen LogP contribution in [0.2, 0.25) is 0 Å². The van der Waals surface area contributed by atoms with E-state index in [1.165, 1.54) is 62.5 Å². The number of esters is 1. The topological polar surface area (TPSA) is 52.1 Å². The van der Waals surface area contributed by atoms with Crippen LogP contribution in [-0.4, -0.2) is 22.0 Å². The molecule has 2 atom stereocenters. The molecule has 3 aromatic rings. The third-order valence-electron chi connectivity index (χ3n) is 7.55. The molecule has 0 unspecified atom stereocenters. The maximum Gasteiger partial charge on any atom is 0.313 e. The Morgan fingerprint density at radius 3 is 2.19 bits per heavy atom. The van der Waals surface area contributed by atoms with Crippen molar-refractivity contribution in [3.63, 3.8) is 0 Å². The summed E-state index contributed by atoms with van der Waals surface area (Å²) in [4.78, 5) is 21.9. The zero-order valence-corrected chi connectivity index (χ0v) is 22.6. The quantitative estimate of drug-likeness (QED) is 0.165. The van der Waals surface area contributed by atoms with Crippen molar-refractivity contribution in [1.29, 1.82) is 0 Å². The molecule has 37 heavy (non-hydrogen) atoms. The Balaban J connectivity index is 1.37. The van der Waals surface area contributed by atoms with Gasteiger partial charge in [0, 0.05) is 29.9 Å². The molecule has 0 N–H and O–H groups in total. The van der Waals surface area contributed by atoms with Crippen molar-refractivity contribution >= 4 is 5.97 Å². The van der Waals surface area contributed by atoms with Crippen LogP contribution in [0, 0.1) is 0 Å². The number of nitrogens with zero attached hydrogens (tertiary/aromatic N) is 2. The largest absolute Gasteiger partial charge is 0.462 e. The molecule has 1 aromatic heterocycles. The second-order valence-electron chi connectivity index (χ2n) is 10.4. The second kappa shape index (κ2) is 14.1. The van der Waals surface area contributed by atoms with E-state index in [-0.39, 0.29) is 18.0 Å². The second-order valence-corrected chi connectivity index (χ2v) is 10.4. The first-order valence-corrected chi connectivity index (χ1v) is 14.4. The predicted molar refractivity (Wildman–Crippen MR) is 151 cm³/mol. The highest BCUT2D eigenvalue weighted by Crippen LogP contribution is 2.34. The molecule has 4 nitrogen and oxygen atoms in total. The van der Waals surface area contributed by atoms with Crippen LogP contribution in [-0.2, 0) is 16.0 Å². The third kappa shape index (κ3) is 7.50. The van der Waals surface area contributed by atoms with E-state index in [9.17, 15) is 4.79 Å². The van der Waals surface area contributed by atoms with Crippen LogP contribution < -0.4 is 0 Å². The van der Waals surface area contributed by atoms with Crippen LogP contribution in [0.25, 0.3) is 22.5 Å². The first-order chi connectivity index (χ1) is 18.2. The Bertz CT molecular complexity index is 1110. The minimum atomic E-state index is -0.160. The first kappa shape index (κ1) is 27.0.